The Morgan fingerprint density at radius 2 is 1.79 bits per heavy atom. The molecule has 1 aliphatic heterocycles. The van der Waals surface area contributed by atoms with Gasteiger partial charge in [-0.15, -0.1) is 11.3 Å². The van der Waals surface area contributed by atoms with E-state index in [1.54, 1.807) is 18.2 Å². The normalized spacial score (nSPS) is 11.9. The highest BCUT2D eigenvalue weighted by atomic mass is 32.1. The summed E-state index contributed by atoms with van der Waals surface area (Å²) in [6.45, 7) is 1.66. The maximum atomic E-state index is 12.3. The van der Waals surface area contributed by atoms with E-state index in [0.717, 1.165) is 16.3 Å². The van der Waals surface area contributed by atoms with Crippen molar-refractivity contribution >= 4 is 34.5 Å². The first-order valence-electron chi connectivity index (χ1n) is 8.59. The number of carbonyl (C=O) groups is 2. The molecule has 4 rings (SSSR count). The fourth-order valence-electron chi connectivity index (χ4n) is 2.76. The molecule has 0 atom stereocenters. The van der Waals surface area contributed by atoms with Crippen LogP contribution in [0.25, 0.3) is 10.6 Å². The van der Waals surface area contributed by atoms with E-state index in [0.29, 0.717) is 22.9 Å². The van der Waals surface area contributed by atoms with Crippen molar-refractivity contribution < 1.29 is 19.1 Å². The van der Waals surface area contributed by atoms with Gasteiger partial charge in [-0.2, -0.15) is 0 Å². The number of anilines is 2. The lowest BCUT2D eigenvalue weighted by atomic mass is 10.2. The fourth-order valence-corrected chi connectivity index (χ4v) is 3.59. The van der Waals surface area contributed by atoms with Gasteiger partial charge >= 0.3 is 0 Å². The Hall–Kier alpha value is -3.39. The van der Waals surface area contributed by atoms with Gasteiger partial charge in [-0.25, -0.2) is 4.98 Å². The molecule has 2 amide bonds. The van der Waals surface area contributed by atoms with Crippen molar-refractivity contribution in [3.8, 4) is 22.1 Å². The number of aromatic nitrogens is 1. The first-order chi connectivity index (χ1) is 13.6. The van der Waals surface area contributed by atoms with E-state index >= 15 is 0 Å². The number of nitrogens with zero attached hydrogens (tertiary/aromatic N) is 1. The molecule has 2 heterocycles. The van der Waals surface area contributed by atoms with Crippen molar-refractivity contribution in [2.75, 3.05) is 17.4 Å². The molecule has 2 aromatic carbocycles. The summed E-state index contributed by atoms with van der Waals surface area (Å²) < 4.78 is 10.6. The smallest absolute Gasteiger partial charge is 0.231 e. The number of benzene rings is 2. The minimum absolute atomic E-state index is 0.113. The van der Waals surface area contributed by atoms with Gasteiger partial charge in [0.25, 0.3) is 0 Å². The molecule has 28 heavy (non-hydrogen) atoms. The van der Waals surface area contributed by atoms with Gasteiger partial charge in [-0.05, 0) is 36.4 Å². The van der Waals surface area contributed by atoms with Crippen molar-refractivity contribution in [3.63, 3.8) is 0 Å². The zero-order valence-electron chi connectivity index (χ0n) is 15.0. The first-order valence-corrected chi connectivity index (χ1v) is 9.47. The number of thiazole rings is 1. The largest absolute Gasteiger partial charge is 0.454 e. The second-order valence-electron chi connectivity index (χ2n) is 6.20. The monoisotopic (exact) mass is 395 g/mol. The molecule has 0 saturated carbocycles. The summed E-state index contributed by atoms with van der Waals surface area (Å²) >= 11 is 1.47. The van der Waals surface area contributed by atoms with Crippen molar-refractivity contribution in [2.45, 2.75) is 13.3 Å². The number of hydrogen-bond acceptors (Lipinski definition) is 6. The van der Waals surface area contributed by atoms with Crippen LogP contribution in [0.3, 0.4) is 0 Å². The van der Waals surface area contributed by atoms with Crippen LogP contribution < -0.4 is 20.1 Å². The molecular weight excluding hydrogens is 378 g/mol. The van der Waals surface area contributed by atoms with Crippen molar-refractivity contribution in [1.29, 1.82) is 0 Å². The van der Waals surface area contributed by atoms with Crippen LogP contribution in [0.2, 0.25) is 0 Å². The van der Waals surface area contributed by atoms with E-state index in [1.165, 1.54) is 18.3 Å². The number of carbonyl (C=O) groups excluding carboxylic acids is 2. The van der Waals surface area contributed by atoms with Gasteiger partial charge < -0.3 is 20.1 Å². The number of ether oxygens (including phenoxy) is 2. The summed E-state index contributed by atoms with van der Waals surface area (Å²) in [4.78, 5) is 27.9. The maximum absolute atomic E-state index is 12.3. The summed E-state index contributed by atoms with van der Waals surface area (Å²) in [5, 5.41) is 8.26. The lowest BCUT2D eigenvalue weighted by Crippen LogP contribution is -2.14. The molecule has 3 aromatic rings. The minimum Gasteiger partial charge on any atom is -0.454 e. The number of rotatable bonds is 5. The molecule has 0 unspecified atom stereocenters. The van der Waals surface area contributed by atoms with Crippen LogP contribution in [0, 0.1) is 0 Å². The SMILES string of the molecule is CC(=O)Nc1ccc(-c2nc(CC(=O)Nc3ccc4c(c3)OCO4)cs2)cc1. The van der Waals surface area contributed by atoms with Crippen molar-refractivity contribution in [2.24, 2.45) is 0 Å². The predicted octanol–water partition coefficient (Wildman–Crippen LogP) is 3.68. The van der Waals surface area contributed by atoms with Gasteiger partial charge in [-0.1, -0.05) is 0 Å². The van der Waals surface area contributed by atoms with E-state index in [9.17, 15) is 9.59 Å². The van der Waals surface area contributed by atoms with Crippen LogP contribution in [0.15, 0.2) is 47.8 Å². The maximum Gasteiger partial charge on any atom is 0.231 e. The molecule has 7 nitrogen and oxygen atoms in total. The lowest BCUT2D eigenvalue weighted by Gasteiger charge is -2.05. The first kappa shape index (κ1) is 18.0. The minimum atomic E-state index is -0.156. The number of amides is 2. The number of fused-ring (bicyclic) bond motifs is 1. The Bertz CT molecular complexity index is 1030. The van der Waals surface area contributed by atoms with Crippen LogP contribution in [0.5, 0.6) is 11.5 Å². The van der Waals surface area contributed by atoms with Gasteiger partial charge in [0.15, 0.2) is 11.5 Å². The van der Waals surface area contributed by atoms with Crippen LogP contribution in [-0.4, -0.2) is 23.6 Å². The average molecular weight is 395 g/mol. The number of hydrogen-bond donors (Lipinski definition) is 2. The second-order valence-corrected chi connectivity index (χ2v) is 7.05. The molecule has 2 N–H and O–H groups in total. The highest BCUT2D eigenvalue weighted by Gasteiger charge is 2.15. The van der Waals surface area contributed by atoms with Crippen molar-refractivity contribution in [1.82, 2.24) is 4.98 Å². The Morgan fingerprint density at radius 1 is 1.04 bits per heavy atom. The highest BCUT2D eigenvalue weighted by molar-refractivity contribution is 7.13. The van der Waals surface area contributed by atoms with Gasteiger partial charge in [0.2, 0.25) is 18.6 Å². The van der Waals surface area contributed by atoms with Gasteiger partial charge in [0.1, 0.15) is 5.01 Å². The molecule has 0 aliphatic carbocycles. The molecule has 0 spiro atoms. The van der Waals surface area contributed by atoms with E-state index in [1.807, 2.05) is 29.6 Å². The molecular formula is C20H17N3O4S. The zero-order chi connectivity index (χ0) is 19.5. The number of nitrogens with one attached hydrogen (secondary N) is 2. The molecule has 0 radical (unpaired) electrons. The fraction of sp³-hybridized carbons (Fsp3) is 0.150. The van der Waals surface area contributed by atoms with E-state index in [-0.39, 0.29) is 25.0 Å². The van der Waals surface area contributed by atoms with Crippen LogP contribution in [-0.2, 0) is 16.0 Å². The van der Waals surface area contributed by atoms with Gasteiger partial charge in [0, 0.05) is 35.3 Å². The predicted molar refractivity (Wildman–Crippen MR) is 107 cm³/mol. The lowest BCUT2D eigenvalue weighted by molar-refractivity contribution is -0.116. The second kappa shape index (κ2) is 7.69. The summed E-state index contributed by atoms with van der Waals surface area (Å²) in [5.74, 6) is 1.03. The molecule has 0 saturated heterocycles. The molecule has 0 bridgehead atoms. The van der Waals surface area contributed by atoms with E-state index in [4.69, 9.17) is 9.47 Å². The third-order valence-corrected chi connectivity index (χ3v) is 4.94. The van der Waals surface area contributed by atoms with Crippen molar-refractivity contribution in [3.05, 3.63) is 53.5 Å². The summed E-state index contributed by atoms with van der Waals surface area (Å²) in [7, 11) is 0. The molecule has 1 aliphatic rings. The van der Waals surface area contributed by atoms with E-state index < -0.39 is 0 Å². The quantitative estimate of drug-likeness (QED) is 0.688. The molecule has 8 heteroatoms. The van der Waals surface area contributed by atoms with E-state index in [2.05, 4.69) is 15.6 Å². The molecule has 142 valence electrons. The summed E-state index contributed by atoms with van der Waals surface area (Å²) in [5.41, 5.74) is 3.01. The van der Waals surface area contributed by atoms with Gasteiger partial charge in [0.05, 0.1) is 12.1 Å². The summed E-state index contributed by atoms with van der Waals surface area (Å²) in [6.07, 6.45) is 0.176. The highest BCUT2D eigenvalue weighted by Crippen LogP contribution is 2.34. The standard InChI is InChI=1S/C20H17N3O4S/c1-12(24)21-14-4-2-13(3-5-14)20-23-16(10-28-20)9-19(25)22-15-6-7-17-18(8-15)27-11-26-17/h2-8,10H,9,11H2,1H3,(H,21,24)(H,22,25). The molecule has 0 fully saturated rings. The Labute approximate surface area is 165 Å². The Balaban J connectivity index is 1.39. The Morgan fingerprint density at radius 3 is 2.57 bits per heavy atom. The summed E-state index contributed by atoms with van der Waals surface area (Å²) in [6, 6.07) is 12.7. The molecule has 1 aromatic heterocycles. The third kappa shape index (κ3) is 4.12. The zero-order valence-corrected chi connectivity index (χ0v) is 15.8. The Kier molecular flexibility index (Phi) is 4.94. The van der Waals surface area contributed by atoms with Crippen LogP contribution in [0.1, 0.15) is 12.6 Å². The van der Waals surface area contributed by atoms with Crippen LogP contribution in [0.4, 0.5) is 11.4 Å². The van der Waals surface area contributed by atoms with Crippen LogP contribution >= 0.6 is 11.3 Å². The topological polar surface area (TPSA) is 89.6 Å². The third-order valence-electron chi connectivity index (χ3n) is 4.00. The average Bonchev–Trinajstić information content (AvgIpc) is 3.30. The van der Waals surface area contributed by atoms with Gasteiger partial charge in [-0.3, -0.25) is 9.59 Å².